The molecule has 1 unspecified atom stereocenters. The number of hydrogen-bond donors (Lipinski definition) is 3. The van der Waals surface area contributed by atoms with E-state index in [2.05, 4.69) is 4.98 Å². The lowest BCUT2D eigenvalue weighted by atomic mass is 9.94. The first-order valence-electron chi connectivity index (χ1n) is 7.46. The summed E-state index contributed by atoms with van der Waals surface area (Å²) in [6, 6.07) is 5.55. The van der Waals surface area contributed by atoms with Crippen LogP contribution in [-0.2, 0) is 0 Å². The van der Waals surface area contributed by atoms with Gasteiger partial charge in [0.2, 0.25) is 0 Å². The normalized spacial score (nSPS) is 19.1. The zero-order valence-electron chi connectivity index (χ0n) is 12.0. The molecular weight excluding hydrogens is 266 g/mol. The van der Waals surface area contributed by atoms with Gasteiger partial charge in [0.15, 0.2) is 0 Å². The molecular formula is C16H21N3O2. The molecule has 0 radical (unpaired) electrons. The number of aromatic amines is 1. The van der Waals surface area contributed by atoms with Crippen LogP contribution in [0.4, 0.5) is 5.69 Å². The predicted molar refractivity (Wildman–Crippen MR) is 83.0 cm³/mol. The molecule has 0 bridgehead atoms. The highest BCUT2D eigenvalue weighted by Gasteiger charge is 2.25. The van der Waals surface area contributed by atoms with Gasteiger partial charge in [0.25, 0.3) is 5.91 Å². The van der Waals surface area contributed by atoms with Gasteiger partial charge in [-0.05, 0) is 43.4 Å². The molecule has 5 nitrogen and oxygen atoms in total. The summed E-state index contributed by atoms with van der Waals surface area (Å²) in [6.07, 6.45) is 4.64. The van der Waals surface area contributed by atoms with E-state index in [1.807, 2.05) is 23.1 Å². The molecule has 1 atom stereocenters. The van der Waals surface area contributed by atoms with Gasteiger partial charge in [-0.15, -0.1) is 0 Å². The summed E-state index contributed by atoms with van der Waals surface area (Å²) in [6.45, 7) is 1.72. The largest absolute Gasteiger partial charge is 0.399 e. The van der Waals surface area contributed by atoms with Gasteiger partial charge in [-0.1, -0.05) is 0 Å². The number of H-pyrrole nitrogens is 1. The van der Waals surface area contributed by atoms with Crippen molar-refractivity contribution < 1.29 is 9.90 Å². The van der Waals surface area contributed by atoms with Crippen LogP contribution < -0.4 is 5.73 Å². The van der Waals surface area contributed by atoms with Gasteiger partial charge < -0.3 is 20.7 Å². The molecule has 1 saturated heterocycles. The van der Waals surface area contributed by atoms with Crippen molar-refractivity contribution in [3.63, 3.8) is 0 Å². The summed E-state index contributed by atoms with van der Waals surface area (Å²) >= 11 is 0. The van der Waals surface area contributed by atoms with Crippen molar-refractivity contribution in [2.75, 3.05) is 25.4 Å². The Labute approximate surface area is 123 Å². The number of benzene rings is 1. The van der Waals surface area contributed by atoms with E-state index in [4.69, 9.17) is 10.8 Å². The maximum absolute atomic E-state index is 12.7. The van der Waals surface area contributed by atoms with Crippen molar-refractivity contribution in [2.24, 2.45) is 5.92 Å². The Kier molecular flexibility index (Phi) is 3.84. The molecule has 1 aliphatic heterocycles. The summed E-state index contributed by atoms with van der Waals surface area (Å²) in [4.78, 5) is 17.7. The number of likely N-dealkylation sites (tertiary alicyclic amines) is 1. The van der Waals surface area contributed by atoms with E-state index < -0.39 is 0 Å². The number of fused-ring (bicyclic) bond motifs is 1. The number of amides is 1. The third-order valence-electron chi connectivity index (χ3n) is 4.28. The standard InChI is InChI=1S/C16H21N3O2/c17-12-3-4-13-14(9-18-15(13)8-12)16(21)19-6-1-2-11(10-19)5-7-20/h3-4,8-9,11,18,20H,1-2,5-7,10,17H2. The van der Waals surface area contributed by atoms with Crippen LogP contribution in [0.2, 0.25) is 0 Å². The Morgan fingerprint density at radius 3 is 3.14 bits per heavy atom. The van der Waals surface area contributed by atoms with Crippen LogP contribution in [0.5, 0.6) is 0 Å². The van der Waals surface area contributed by atoms with Crippen molar-refractivity contribution in [1.82, 2.24) is 9.88 Å². The average Bonchev–Trinajstić information content (AvgIpc) is 2.90. The Bertz CT molecular complexity index is 648. The molecule has 1 aliphatic rings. The number of nitrogens with zero attached hydrogens (tertiary/aromatic N) is 1. The predicted octanol–water partition coefficient (Wildman–Crippen LogP) is 1.98. The Morgan fingerprint density at radius 2 is 2.33 bits per heavy atom. The van der Waals surface area contributed by atoms with Crippen LogP contribution in [0.25, 0.3) is 10.9 Å². The third kappa shape index (κ3) is 2.74. The number of carbonyl (C=O) groups is 1. The summed E-state index contributed by atoms with van der Waals surface area (Å²) in [5.41, 5.74) is 8.04. The molecule has 3 rings (SSSR count). The van der Waals surface area contributed by atoms with E-state index in [1.54, 1.807) is 6.20 Å². The highest BCUT2D eigenvalue weighted by atomic mass is 16.3. The van der Waals surface area contributed by atoms with E-state index >= 15 is 0 Å². The third-order valence-corrected chi connectivity index (χ3v) is 4.28. The minimum absolute atomic E-state index is 0.0636. The maximum Gasteiger partial charge on any atom is 0.256 e. The summed E-state index contributed by atoms with van der Waals surface area (Å²) in [7, 11) is 0. The topological polar surface area (TPSA) is 82.3 Å². The highest BCUT2D eigenvalue weighted by molar-refractivity contribution is 6.07. The molecule has 1 aromatic carbocycles. The number of anilines is 1. The number of nitrogens with two attached hydrogens (primary N) is 1. The number of carbonyl (C=O) groups excluding carboxylic acids is 1. The average molecular weight is 287 g/mol. The number of hydrogen-bond acceptors (Lipinski definition) is 3. The Hall–Kier alpha value is -2.01. The summed E-state index contributed by atoms with van der Waals surface area (Å²) in [5.74, 6) is 0.474. The van der Waals surface area contributed by atoms with Gasteiger partial charge in [-0.3, -0.25) is 4.79 Å². The van der Waals surface area contributed by atoms with Gasteiger partial charge >= 0.3 is 0 Å². The molecule has 0 aliphatic carbocycles. The minimum Gasteiger partial charge on any atom is -0.399 e. The molecule has 1 amide bonds. The second-order valence-corrected chi connectivity index (χ2v) is 5.78. The van der Waals surface area contributed by atoms with Crippen LogP contribution in [0.15, 0.2) is 24.4 Å². The van der Waals surface area contributed by atoms with Gasteiger partial charge in [0.1, 0.15) is 0 Å². The highest BCUT2D eigenvalue weighted by Crippen LogP contribution is 2.25. The Morgan fingerprint density at radius 1 is 1.48 bits per heavy atom. The first kappa shape index (κ1) is 13.9. The number of nitrogen functional groups attached to an aromatic ring is 1. The van der Waals surface area contributed by atoms with Gasteiger partial charge in [0, 0.05) is 42.5 Å². The first-order valence-corrected chi connectivity index (χ1v) is 7.46. The molecule has 1 fully saturated rings. The zero-order valence-corrected chi connectivity index (χ0v) is 12.0. The second kappa shape index (κ2) is 5.77. The molecule has 2 heterocycles. The van der Waals surface area contributed by atoms with Gasteiger partial charge in [-0.2, -0.15) is 0 Å². The lowest BCUT2D eigenvalue weighted by molar-refractivity contribution is 0.0655. The van der Waals surface area contributed by atoms with Crippen molar-refractivity contribution >= 4 is 22.5 Å². The van der Waals surface area contributed by atoms with Crippen LogP contribution in [0, 0.1) is 5.92 Å². The van der Waals surface area contributed by atoms with Crippen molar-refractivity contribution in [1.29, 1.82) is 0 Å². The van der Waals surface area contributed by atoms with Crippen molar-refractivity contribution in [2.45, 2.75) is 19.3 Å². The van der Waals surface area contributed by atoms with Crippen LogP contribution in [0.1, 0.15) is 29.6 Å². The van der Waals surface area contributed by atoms with Crippen molar-refractivity contribution in [3.05, 3.63) is 30.0 Å². The first-order chi connectivity index (χ1) is 10.2. The van der Waals surface area contributed by atoms with Crippen LogP contribution in [0.3, 0.4) is 0 Å². The number of rotatable bonds is 3. The number of piperidine rings is 1. The summed E-state index contributed by atoms with van der Waals surface area (Å²) < 4.78 is 0. The quantitative estimate of drug-likeness (QED) is 0.755. The van der Waals surface area contributed by atoms with Gasteiger partial charge in [0.05, 0.1) is 5.56 Å². The number of nitrogens with one attached hydrogen (secondary N) is 1. The van der Waals surface area contributed by atoms with Crippen molar-refractivity contribution in [3.8, 4) is 0 Å². The summed E-state index contributed by atoms with van der Waals surface area (Å²) in [5, 5.41) is 9.99. The Balaban J connectivity index is 1.83. The van der Waals surface area contributed by atoms with Gasteiger partial charge in [-0.25, -0.2) is 0 Å². The van der Waals surface area contributed by atoms with Crippen LogP contribution >= 0.6 is 0 Å². The minimum atomic E-state index is 0.0636. The molecule has 4 N–H and O–H groups in total. The van der Waals surface area contributed by atoms with E-state index in [1.165, 1.54) is 0 Å². The smallest absolute Gasteiger partial charge is 0.256 e. The molecule has 5 heteroatoms. The fraction of sp³-hybridized carbons (Fsp3) is 0.438. The monoisotopic (exact) mass is 287 g/mol. The molecule has 0 spiro atoms. The second-order valence-electron chi connectivity index (χ2n) is 5.78. The van der Waals surface area contributed by atoms with Crippen LogP contribution in [-0.4, -0.2) is 40.6 Å². The van der Waals surface area contributed by atoms with E-state index in [0.717, 1.165) is 43.3 Å². The molecule has 0 saturated carbocycles. The lowest BCUT2D eigenvalue weighted by Crippen LogP contribution is -2.40. The lowest BCUT2D eigenvalue weighted by Gasteiger charge is -2.32. The molecule has 112 valence electrons. The maximum atomic E-state index is 12.7. The molecule has 2 aromatic rings. The molecule has 1 aromatic heterocycles. The number of aliphatic hydroxyl groups is 1. The number of aromatic nitrogens is 1. The number of aliphatic hydroxyl groups excluding tert-OH is 1. The van der Waals surface area contributed by atoms with E-state index in [-0.39, 0.29) is 12.5 Å². The molecule has 21 heavy (non-hydrogen) atoms. The SMILES string of the molecule is Nc1ccc2c(C(=O)N3CCCC(CCO)C3)c[nH]c2c1. The zero-order chi connectivity index (χ0) is 14.8. The van der Waals surface area contributed by atoms with E-state index in [0.29, 0.717) is 17.2 Å². The fourth-order valence-electron chi connectivity index (χ4n) is 3.16. The fourth-order valence-corrected chi connectivity index (χ4v) is 3.16. The van der Waals surface area contributed by atoms with E-state index in [9.17, 15) is 4.79 Å².